The van der Waals surface area contributed by atoms with Gasteiger partial charge in [0.2, 0.25) is 5.91 Å². The van der Waals surface area contributed by atoms with E-state index in [4.69, 9.17) is 0 Å². The molecule has 7 nitrogen and oxygen atoms in total. The number of aromatic nitrogens is 5. The van der Waals surface area contributed by atoms with Gasteiger partial charge in [-0.15, -0.1) is 0 Å². The van der Waals surface area contributed by atoms with Crippen LogP contribution in [0.5, 0.6) is 0 Å². The molecule has 0 saturated heterocycles. The molecule has 0 unspecified atom stereocenters. The number of carbonyl (C=O) groups is 1. The number of hydrogen-bond donors (Lipinski definition) is 2. The predicted octanol–water partition coefficient (Wildman–Crippen LogP) is 2.12. The molecule has 3 aromatic heterocycles. The third kappa shape index (κ3) is 2.92. The zero-order valence-corrected chi connectivity index (χ0v) is 14.8. The Labute approximate surface area is 150 Å². The number of amides is 1. The van der Waals surface area contributed by atoms with Crippen molar-refractivity contribution < 1.29 is 4.79 Å². The summed E-state index contributed by atoms with van der Waals surface area (Å²) in [6, 6.07) is 8.18. The van der Waals surface area contributed by atoms with Gasteiger partial charge >= 0.3 is 0 Å². The molecule has 2 N–H and O–H groups in total. The van der Waals surface area contributed by atoms with E-state index in [1.54, 1.807) is 4.52 Å². The third-order valence-corrected chi connectivity index (χ3v) is 4.72. The van der Waals surface area contributed by atoms with E-state index >= 15 is 0 Å². The van der Waals surface area contributed by atoms with Crippen LogP contribution in [0.25, 0.3) is 16.7 Å². The van der Waals surface area contributed by atoms with Crippen LogP contribution >= 0.6 is 0 Å². The van der Waals surface area contributed by atoms with E-state index < -0.39 is 0 Å². The van der Waals surface area contributed by atoms with Crippen LogP contribution in [0, 0.1) is 13.8 Å². The second-order valence-electron chi connectivity index (χ2n) is 6.37. The van der Waals surface area contributed by atoms with E-state index in [1.807, 2.05) is 32.2 Å². The molecule has 4 rings (SSSR count). The minimum Gasteiger partial charge on any atom is -0.361 e. The third-order valence-electron chi connectivity index (χ3n) is 4.72. The summed E-state index contributed by atoms with van der Waals surface area (Å²) < 4.78 is 1.67. The van der Waals surface area contributed by atoms with Crippen molar-refractivity contribution in [1.82, 2.24) is 29.9 Å². The van der Waals surface area contributed by atoms with Crippen LogP contribution in [0.2, 0.25) is 0 Å². The highest BCUT2D eigenvalue weighted by Gasteiger charge is 2.14. The standard InChI is InChI=1S/C19H20N6O/c1-12-16(13(2)25-19(24-12)22-11-23-25)9-18(26)20-8-7-14-10-21-17-6-4-3-5-15(14)17/h3-6,10-11,21H,7-9H2,1-2H3,(H,20,26). The van der Waals surface area contributed by atoms with E-state index in [-0.39, 0.29) is 12.3 Å². The molecule has 1 aromatic carbocycles. The number of para-hydroxylation sites is 1. The average Bonchev–Trinajstić information content (AvgIpc) is 3.26. The minimum atomic E-state index is -0.0164. The van der Waals surface area contributed by atoms with Gasteiger partial charge in [-0.2, -0.15) is 10.1 Å². The molecule has 0 atom stereocenters. The van der Waals surface area contributed by atoms with Crippen LogP contribution in [0.15, 0.2) is 36.8 Å². The fraction of sp³-hybridized carbons (Fsp3) is 0.263. The van der Waals surface area contributed by atoms with Crippen molar-refractivity contribution in [2.24, 2.45) is 0 Å². The van der Waals surface area contributed by atoms with E-state index in [1.165, 1.54) is 17.3 Å². The predicted molar refractivity (Wildman–Crippen MR) is 99.0 cm³/mol. The lowest BCUT2D eigenvalue weighted by Gasteiger charge is -2.10. The minimum absolute atomic E-state index is 0.0164. The van der Waals surface area contributed by atoms with E-state index in [0.29, 0.717) is 12.3 Å². The number of rotatable bonds is 5. The van der Waals surface area contributed by atoms with Crippen molar-refractivity contribution in [3.05, 3.63) is 59.3 Å². The Morgan fingerprint density at radius 3 is 3.00 bits per heavy atom. The lowest BCUT2D eigenvalue weighted by molar-refractivity contribution is -0.120. The number of nitrogens with one attached hydrogen (secondary N) is 2. The average molecular weight is 348 g/mol. The molecule has 0 saturated carbocycles. The molecule has 0 aliphatic heterocycles. The maximum Gasteiger partial charge on any atom is 0.252 e. The molecule has 0 bridgehead atoms. The van der Waals surface area contributed by atoms with Crippen molar-refractivity contribution in [1.29, 1.82) is 0 Å². The summed E-state index contributed by atoms with van der Waals surface area (Å²) in [4.78, 5) is 24.2. The van der Waals surface area contributed by atoms with Gasteiger partial charge in [-0.05, 0) is 31.9 Å². The fourth-order valence-electron chi connectivity index (χ4n) is 3.31. The zero-order valence-electron chi connectivity index (χ0n) is 14.8. The molecule has 1 amide bonds. The topological polar surface area (TPSA) is 88.0 Å². The van der Waals surface area contributed by atoms with E-state index in [9.17, 15) is 4.79 Å². The molecule has 26 heavy (non-hydrogen) atoms. The first-order chi connectivity index (χ1) is 12.6. The molecule has 0 fully saturated rings. The Balaban J connectivity index is 1.41. The molecular weight excluding hydrogens is 328 g/mol. The number of fused-ring (bicyclic) bond motifs is 2. The lowest BCUT2D eigenvalue weighted by atomic mass is 10.1. The quantitative estimate of drug-likeness (QED) is 0.578. The number of carbonyl (C=O) groups excluding carboxylic acids is 1. The monoisotopic (exact) mass is 348 g/mol. The molecular formula is C19H20N6O. The molecule has 3 heterocycles. The van der Waals surface area contributed by atoms with Crippen LogP contribution in [0.4, 0.5) is 0 Å². The zero-order chi connectivity index (χ0) is 18.1. The molecule has 0 aliphatic rings. The number of nitrogens with zero attached hydrogens (tertiary/aromatic N) is 4. The largest absolute Gasteiger partial charge is 0.361 e. The van der Waals surface area contributed by atoms with Gasteiger partial charge in [0.05, 0.1) is 6.42 Å². The molecule has 0 aliphatic carbocycles. The first kappa shape index (κ1) is 16.3. The maximum atomic E-state index is 12.4. The molecule has 132 valence electrons. The summed E-state index contributed by atoms with van der Waals surface area (Å²) >= 11 is 0. The second kappa shape index (κ2) is 6.59. The second-order valence-corrected chi connectivity index (χ2v) is 6.37. The first-order valence-corrected chi connectivity index (χ1v) is 8.61. The number of H-pyrrole nitrogens is 1. The smallest absolute Gasteiger partial charge is 0.252 e. The highest BCUT2D eigenvalue weighted by atomic mass is 16.1. The van der Waals surface area contributed by atoms with Crippen molar-refractivity contribution in [3.63, 3.8) is 0 Å². The number of aryl methyl sites for hydroxylation is 2. The Morgan fingerprint density at radius 2 is 2.12 bits per heavy atom. The Hall–Kier alpha value is -3.22. The summed E-state index contributed by atoms with van der Waals surface area (Å²) in [5, 5.41) is 8.37. The Morgan fingerprint density at radius 1 is 1.27 bits per heavy atom. The van der Waals surface area contributed by atoms with Crippen LogP contribution < -0.4 is 5.32 Å². The van der Waals surface area contributed by atoms with Gasteiger partial charge in [0, 0.05) is 40.6 Å². The van der Waals surface area contributed by atoms with Crippen LogP contribution in [-0.4, -0.2) is 37.0 Å². The summed E-state index contributed by atoms with van der Waals surface area (Å²) in [5.41, 5.74) is 4.94. The van der Waals surface area contributed by atoms with Crippen LogP contribution in [0.1, 0.15) is 22.5 Å². The summed E-state index contributed by atoms with van der Waals surface area (Å²) in [7, 11) is 0. The molecule has 7 heteroatoms. The van der Waals surface area contributed by atoms with Crippen molar-refractivity contribution >= 4 is 22.6 Å². The normalized spacial score (nSPS) is 11.3. The van der Waals surface area contributed by atoms with Crippen LogP contribution in [-0.2, 0) is 17.6 Å². The van der Waals surface area contributed by atoms with Gasteiger partial charge in [0.15, 0.2) is 0 Å². The van der Waals surface area contributed by atoms with Crippen molar-refractivity contribution in [2.45, 2.75) is 26.7 Å². The number of hydrogen-bond acceptors (Lipinski definition) is 4. The first-order valence-electron chi connectivity index (χ1n) is 8.61. The molecule has 0 radical (unpaired) electrons. The number of aromatic amines is 1. The highest BCUT2D eigenvalue weighted by Crippen LogP contribution is 2.18. The number of benzene rings is 1. The molecule has 4 aromatic rings. The lowest BCUT2D eigenvalue weighted by Crippen LogP contribution is -2.28. The summed E-state index contributed by atoms with van der Waals surface area (Å²) in [5.74, 6) is 0.542. The summed E-state index contributed by atoms with van der Waals surface area (Å²) in [6.07, 6.45) is 4.55. The Bertz CT molecular complexity index is 1090. The maximum absolute atomic E-state index is 12.4. The summed E-state index contributed by atoms with van der Waals surface area (Å²) in [6.45, 7) is 4.43. The van der Waals surface area contributed by atoms with Gasteiger partial charge in [0.25, 0.3) is 5.78 Å². The fourth-order valence-corrected chi connectivity index (χ4v) is 3.31. The molecule has 0 spiro atoms. The van der Waals surface area contributed by atoms with Gasteiger partial charge in [0.1, 0.15) is 6.33 Å². The van der Waals surface area contributed by atoms with Crippen molar-refractivity contribution in [2.75, 3.05) is 6.54 Å². The van der Waals surface area contributed by atoms with Gasteiger partial charge < -0.3 is 10.3 Å². The van der Waals surface area contributed by atoms with E-state index in [0.717, 1.165) is 28.9 Å². The van der Waals surface area contributed by atoms with E-state index in [2.05, 4.69) is 37.5 Å². The Kier molecular flexibility index (Phi) is 4.12. The van der Waals surface area contributed by atoms with Crippen molar-refractivity contribution in [3.8, 4) is 0 Å². The van der Waals surface area contributed by atoms with Gasteiger partial charge in [-0.3, -0.25) is 4.79 Å². The SMILES string of the molecule is Cc1nc2ncnn2c(C)c1CC(=O)NCCc1c[nH]c2ccccc12. The highest BCUT2D eigenvalue weighted by molar-refractivity contribution is 5.83. The van der Waals surface area contributed by atoms with Crippen LogP contribution in [0.3, 0.4) is 0 Å². The van der Waals surface area contributed by atoms with Gasteiger partial charge in [-0.25, -0.2) is 9.50 Å². The van der Waals surface area contributed by atoms with Gasteiger partial charge in [-0.1, -0.05) is 18.2 Å².